The number of hydrogen-bond donors (Lipinski definition) is 1. The lowest BCUT2D eigenvalue weighted by atomic mass is 10.1. The summed E-state index contributed by atoms with van der Waals surface area (Å²) in [6.07, 6.45) is 0.981. The number of ether oxygens (including phenoxy) is 2. The smallest absolute Gasteiger partial charge is 0.218 e. The Morgan fingerprint density at radius 3 is 3.00 bits per heavy atom. The third-order valence-electron chi connectivity index (χ3n) is 3.76. The van der Waals surface area contributed by atoms with Crippen LogP contribution in [-0.4, -0.2) is 24.7 Å². The van der Waals surface area contributed by atoms with Crippen LogP contribution in [0.3, 0.4) is 0 Å². The minimum absolute atomic E-state index is 0.668. The topological polar surface area (TPSA) is 43.4 Å². The zero-order valence-corrected chi connectivity index (χ0v) is 11.2. The summed E-state index contributed by atoms with van der Waals surface area (Å²) in [4.78, 5) is 4.67. The highest BCUT2D eigenvalue weighted by Gasteiger charge is 2.15. The van der Waals surface area contributed by atoms with Gasteiger partial charge in [-0.25, -0.2) is 4.98 Å². The van der Waals surface area contributed by atoms with E-state index in [1.165, 1.54) is 5.56 Å². The average Bonchev–Trinajstić information content (AvgIpc) is 2.83. The van der Waals surface area contributed by atoms with Gasteiger partial charge in [0, 0.05) is 30.6 Å². The summed E-state index contributed by atoms with van der Waals surface area (Å²) in [6, 6.07) is 10.4. The van der Waals surface area contributed by atoms with Crippen LogP contribution in [0, 0.1) is 0 Å². The molecule has 2 aliphatic heterocycles. The molecule has 0 atom stereocenters. The lowest BCUT2D eigenvalue weighted by Crippen LogP contribution is -2.16. The Labute approximate surface area is 117 Å². The highest BCUT2D eigenvalue weighted by Crippen LogP contribution is 2.31. The van der Waals surface area contributed by atoms with Crippen LogP contribution < -0.4 is 14.8 Å². The normalized spacial score (nSPS) is 16.6. The number of nitrogens with one attached hydrogen (secondary N) is 1. The van der Waals surface area contributed by atoms with Crippen LogP contribution in [0.15, 0.2) is 30.3 Å². The first kappa shape index (κ1) is 11.7. The minimum atomic E-state index is 0.668. The van der Waals surface area contributed by atoms with E-state index in [0.717, 1.165) is 54.6 Å². The first-order valence-corrected chi connectivity index (χ1v) is 7.00. The lowest BCUT2D eigenvalue weighted by molar-refractivity contribution is 0.314. The van der Waals surface area contributed by atoms with Gasteiger partial charge in [-0.3, -0.25) is 0 Å². The Morgan fingerprint density at radius 2 is 2.00 bits per heavy atom. The van der Waals surface area contributed by atoms with Gasteiger partial charge in [-0.15, -0.1) is 0 Å². The molecule has 0 unspecified atom stereocenters. The van der Waals surface area contributed by atoms with Crippen LogP contribution in [0.1, 0.15) is 11.1 Å². The number of rotatable bonds is 1. The van der Waals surface area contributed by atoms with Crippen LogP contribution in [-0.2, 0) is 13.0 Å². The Bertz CT molecular complexity index is 655. The van der Waals surface area contributed by atoms with Crippen molar-refractivity contribution in [1.29, 1.82) is 0 Å². The van der Waals surface area contributed by atoms with Gasteiger partial charge in [-0.2, -0.15) is 0 Å². The summed E-state index contributed by atoms with van der Waals surface area (Å²) < 4.78 is 11.2. The van der Waals surface area contributed by atoms with E-state index in [2.05, 4.69) is 34.6 Å². The third-order valence-corrected chi connectivity index (χ3v) is 3.76. The molecule has 0 saturated carbocycles. The van der Waals surface area contributed by atoms with Gasteiger partial charge in [-0.1, -0.05) is 6.07 Å². The molecule has 1 aromatic carbocycles. The molecule has 0 aliphatic carbocycles. The highest BCUT2D eigenvalue weighted by molar-refractivity contribution is 5.63. The fraction of sp³-hybridized carbons (Fsp3) is 0.312. The molecule has 0 amide bonds. The predicted molar refractivity (Wildman–Crippen MR) is 76.1 cm³/mol. The molecule has 0 fully saturated rings. The molecule has 2 aliphatic rings. The second kappa shape index (κ2) is 4.80. The Morgan fingerprint density at radius 1 is 1.00 bits per heavy atom. The maximum Gasteiger partial charge on any atom is 0.218 e. The summed E-state index contributed by atoms with van der Waals surface area (Å²) in [5.41, 5.74) is 4.47. The van der Waals surface area contributed by atoms with E-state index in [9.17, 15) is 0 Å². The van der Waals surface area contributed by atoms with Gasteiger partial charge in [0.25, 0.3) is 0 Å². The van der Waals surface area contributed by atoms with E-state index in [4.69, 9.17) is 9.47 Å². The van der Waals surface area contributed by atoms with Crippen molar-refractivity contribution in [2.24, 2.45) is 0 Å². The van der Waals surface area contributed by atoms with Crippen molar-refractivity contribution in [3.63, 3.8) is 0 Å². The van der Waals surface area contributed by atoms with Crippen molar-refractivity contribution in [2.75, 3.05) is 19.8 Å². The van der Waals surface area contributed by atoms with Crippen LogP contribution in [0.5, 0.6) is 11.6 Å². The monoisotopic (exact) mass is 268 g/mol. The van der Waals surface area contributed by atoms with Gasteiger partial charge in [0.1, 0.15) is 12.4 Å². The molecule has 20 heavy (non-hydrogen) atoms. The fourth-order valence-corrected chi connectivity index (χ4v) is 2.68. The quantitative estimate of drug-likeness (QED) is 0.860. The molecular formula is C16H16N2O2. The molecule has 3 heterocycles. The molecular weight excluding hydrogens is 252 g/mol. The Hall–Kier alpha value is -2.07. The summed E-state index contributed by atoms with van der Waals surface area (Å²) in [5, 5.41) is 3.32. The van der Waals surface area contributed by atoms with E-state index in [0.29, 0.717) is 6.61 Å². The highest BCUT2D eigenvalue weighted by atomic mass is 16.5. The van der Waals surface area contributed by atoms with Crippen molar-refractivity contribution in [3.8, 4) is 22.9 Å². The van der Waals surface area contributed by atoms with Crippen molar-refractivity contribution in [2.45, 2.75) is 13.0 Å². The summed E-state index contributed by atoms with van der Waals surface area (Å²) in [5.74, 6) is 1.76. The maximum atomic E-state index is 5.70. The zero-order chi connectivity index (χ0) is 13.4. The summed E-state index contributed by atoms with van der Waals surface area (Å²) in [7, 11) is 0. The van der Waals surface area contributed by atoms with Gasteiger partial charge in [0.15, 0.2) is 0 Å². The van der Waals surface area contributed by atoms with Gasteiger partial charge in [0.2, 0.25) is 5.88 Å². The number of pyridine rings is 1. The molecule has 2 aromatic rings. The molecule has 102 valence electrons. The standard InChI is InChI=1S/C16H16N2O2/c1-3-14(18-16-13(1)10-17-6-8-20-16)11-2-4-15-12(9-11)5-7-19-15/h1-4,9,17H,5-8,10H2. The minimum Gasteiger partial charge on any atom is -0.493 e. The predicted octanol–water partition coefficient (Wildman–Crippen LogP) is 2.17. The number of nitrogens with zero attached hydrogens (tertiary/aromatic N) is 1. The molecule has 4 heteroatoms. The first-order valence-electron chi connectivity index (χ1n) is 7.00. The van der Waals surface area contributed by atoms with Gasteiger partial charge >= 0.3 is 0 Å². The zero-order valence-electron chi connectivity index (χ0n) is 11.2. The first-order chi connectivity index (χ1) is 9.90. The molecule has 0 bridgehead atoms. The average molecular weight is 268 g/mol. The molecule has 4 rings (SSSR count). The van der Waals surface area contributed by atoms with E-state index in [-0.39, 0.29) is 0 Å². The van der Waals surface area contributed by atoms with Crippen LogP contribution >= 0.6 is 0 Å². The van der Waals surface area contributed by atoms with E-state index >= 15 is 0 Å². The van der Waals surface area contributed by atoms with E-state index in [1.807, 2.05) is 6.07 Å². The van der Waals surface area contributed by atoms with Crippen molar-refractivity contribution >= 4 is 0 Å². The largest absolute Gasteiger partial charge is 0.493 e. The lowest BCUT2D eigenvalue weighted by Gasteiger charge is -2.09. The van der Waals surface area contributed by atoms with Crippen LogP contribution in [0.4, 0.5) is 0 Å². The van der Waals surface area contributed by atoms with E-state index < -0.39 is 0 Å². The second-order valence-corrected chi connectivity index (χ2v) is 5.11. The van der Waals surface area contributed by atoms with Gasteiger partial charge < -0.3 is 14.8 Å². The molecule has 1 N–H and O–H groups in total. The maximum absolute atomic E-state index is 5.70. The number of fused-ring (bicyclic) bond motifs is 2. The van der Waals surface area contributed by atoms with Crippen molar-refractivity contribution in [1.82, 2.24) is 10.3 Å². The number of benzene rings is 1. The van der Waals surface area contributed by atoms with Crippen LogP contribution in [0.25, 0.3) is 11.3 Å². The number of hydrogen-bond acceptors (Lipinski definition) is 4. The van der Waals surface area contributed by atoms with Crippen LogP contribution in [0.2, 0.25) is 0 Å². The molecule has 1 aromatic heterocycles. The third kappa shape index (κ3) is 2.02. The molecule has 4 nitrogen and oxygen atoms in total. The van der Waals surface area contributed by atoms with E-state index in [1.54, 1.807) is 0 Å². The summed E-state index contributed by atoms with van der Waals surface area (Å²) in [6.45, 7) is 3.13. The second-order valence-electron chi connectivity index (χ2n) is 5.11. The fourth-order valence-electron chi connectivity index (χ4n) is 2.68. The Balaban J connectivity index is 1.73. The van der Waals surface area contributed by atoms with Crippen molar-refractivity contribution < 1.29 is 9.47 Å². The van der Waals surface area contributed by atoms with Gasteiger partial charge in [0.05, 0.1) is 12.3 Å². The Kier molecular flexibility index (Phi) is 2.81. The molecule has 0 radical (unpaired) electrons. The number of aromatic nitrogens is 1. The molecule has 0 spiro atoms. The SMILES string of the molecule is c1cc2c(cc1-c1ccc3c(n1)OCCNC3)CCO2. The summed E-state index contributed by atoms with van der Waals surface area (Å²) >= 11 is 0. The van der Waals surface area contributed by atoms with Gasteiger partial charge in [-0.05, 0) is 29.8 Å². The molecule has 0 saturated heterocycles. The van der Waals surface area contributed by atoms with Crippen molar-refractivity contribution in [3.05, 3.63) is 41.5 Å².